The third kappa shape index (κ3) is 2.22. The number of carboxylic acid groups (broad SMARTS) is 1. The highest BCUT2D eigenvalue weighted by atomic mass is 16.5. The fourth-order valence-electron chi connectivity index (χ4n) is 1.93. The van der Waals surface area contributed by atoms with Gasteiger partial charge >= 0.3 is 5.97 Å². The van der Waals surface area contributed by atoms with E-state index in [1.54, 1.807) is 12.1 Å². The zero-order valence-corrected chi connectivity index (χ0v) is 10.9. The van der Waals surface area contributed by atoms with Gasteiger partial charge in [0, 0.05) is 11.5 Å². The Morgan fingerprint density at radius 2 is 1.90 bits per heavy atom. The van der Waals surface area contributed by atoms with Crippen molar-refractivity contribution >= 4 is 22.8 Å². The number of nitrogens with two attached hydrogens (primary N) is 1. The second kappa shape index (κ2) is 5.08. The van der Waals surface area contributed by atoms with Gasteiger partial charge in [-0.3, -0.25) is 14.3 Å². The predicted molar refractivity (Wildman–Crippen MR) is 69.0 cm³/mol. The normalized spacial score (nSPS) is 10.5. The monoisotopic (exact) mass is 279 g/mol. The lowest BCUT2D eigenvalue weighted by molar-refractivity contribution is -0.137. The maximum atomic E-state index is 11.4. The van der Waals surface area contributed by atoms with Crippen LogP contribution in [0.3, 0.4) is 0 Å². The van der Waals surface area contributed by atoms with Crippen molar-refractivity contribution in [2.75, 3.05) is 14.2 Å². The molecule has 1 aromatic carbocycles. The van der Waals surface area contributed by atoms with Gasteiger partial charge in [-0.2, -0.15) is 5.10 Å². The van der Waals surface area contributed by atoms with Crippen LogP contribution in [-0.4, -0.2) is 41.0 Å². The molecule has 0 aliphatic carbocycles. The average molecular weight is 279 g/mol. The molecule has 0 fully saturated rings. The van der Waals surface area contributed by atoms with Gasteiger partial charge in [0.25, 0.3) is 5.91 Å². The van der Waals surface area contributed by atoms with Gasteiger partial charge in [0.1, 0.15) is 6.54 Å². The topological polar surface area (TPSA) is 117 Å². The van der Waals surface area contributed by atoms with Crippen LogP contribution in [0.15, 0.2) is 12.1 Å². The maximum Gasteiger partial charge on any atom is 0.325 e. The first-order valence-electron chi connectivity index (χ1n) is 5.62. The highest BCUT2D eigenvalue weighted by molar-refractivity contribution is 6.05. The second-order valence-electron chi connectivity index (χ2n) is 3.99. The van der Waals surface area contributed by atoms with Crippen LogP contribution in [0.25, 0.3) is 10.9 Å². The van der Waals surface area contributed by atoms with Gasteiger partial charge in [-0.05, 0) is 6.07 Å². The van der Waals surface area contributed by atoms with Crippen LogP contribution in [0.2, 0.25) is 0 Å². The SMILES string of the molecule is COc1cc2c(C(N)=O)nn(CC(=O)O)c2cc1OC. The molecule has 3 N–H and O–H groups in total. The number of primary amides is 1. The number of hydrogen-bond acceptors (Lipinski definition) is 5. The minimum atomic E-state index is -1.08. The Hall–Kier alpha value is -2.77. The fourth-order valence-corrected chi connectivity index (χ4v) is 1.93. The summed E-state index contributed by atoms with van der Waals surface area (Å²) in [4.78, 5) is 22.2. The first-order valence-corrected chi connectivity index (χ1v) is 5.62. The predicted octanol–water partition coefficient (Wildman–Crippen LogP) is 0.237. The molecule has 8 heteroatoms. The molecular weight excluding hydrogens is 266 g/mol. The molecule has 0 radical (unpaired) electrons. The number of methoxy groups -OCH3 is 2. The van der Waals surface area contributed by atoms with Gasteiger partial charge in [0.15, 0.2) is 17.2 Å². The molecule has 0 unspecified atom stereocenters. The summed E-state index contributed by atoms with van der Waals surface area (Å²) in [6.07, 6.45) is 0. The van der Waals surface area contributed by atoms with Gasteiger partial charge in [0.05, 0.1) is 19.7 Å². The summed E-state index contributed by atoms with van der Waals surface area (Å²) in [6, 6.07) is 3.09. The molecule has 0 saturated heterocycles. The van der Waals surface area contributed by atoms with Crippen LogP contribution in [0.1, 0.15) is 10.5 Å². The number of amides is 1. The summed E-state index contributed by atoms with van der Waals surface area (Å²) in [6.45, 7) is -0.390. The standard InChI is InChI=1S/C12H13N3O5/c1-19-8-3-6-7(4-9(8)20-2)15(5-10(16)17)14-11(6)12(13)18/h3-4H,5H2,1-2H3,(H2,13,18)(H,16,17). The molecule has 0 atom stereocenters. The summed E-state index contributed by atoms with van der Waals surface area (Å²) in [5, 5.41) is 13.2. The number of rotatable bonds is 5. The van der Waals surface area contributed by atoms with Gasteiger partial charge in [-0.15, -0.1) is 0 Å². The highest BCUT2D eigenvalue weighted by Gasteiger charge is 2.19. The fraction of sp³-hybridized carbons (Fsp3) is 0.250. The van der Waals surface area contributed by atoms with E-state index in [0.29, 0.717) is 22.4 Å². The lowest BCUT2D eigenvalue weighted by Crippen LogP contribution is -2.14. The summed E-state index contributed by atoms with van der Waals surface area (Å²) in [5.74, 6) is -1.02. The molecule has 0 bridgehead atoms. The van der Waals surface area contributed by atoms with Crippen molar-refractivity contribution < 1.29 is 24.2 Å². The van der Waals surface area contributed by atoms with Crippen molar-refractivity contribution in [3.05, 3.63) is 17.8 Å². The number of aromatic nitrogens is 2. The smallest absolute Gasteiger partial charge is 0.325 e. The second-order valence-corrected chi connectivity index (χ2v) is 3.99. The molecule has 1 amide bonds. The first kappa shape index (κ1) is 13.7. The van der Waals surface area contributed by atoms with Gasteiger partial charge in [0.2, 0.25) is 0 Å². The number of fused-ring (bicyclic) bond motifs is 1. The minimum absolute atomic E-state index is 0.0118. The Morgan fingerprint density at radius 1 is 1.30 bits per heavy atom. The zero-order chi connectivity index (χ0) is 14.9. The molecular formula is C12H13N3O5. The number of hydrogen-bond donors (Lipinski definition) is 2. The molecule has 1 aromatic heterocycles. The van der Waals surface area contributed by atoms with Crippen molar-refractivity contribution in [1.29, 1.82) is 0 Å². The van der Waals surface area contributed by atoms with Crippen molar-refractivity contribution in [2.24, 2.45) is 5.73 Å². The van der Waals surface area contributed by atoms with E-state index in [4.69, 9.17) is 20.3 Å². The van der Waals surface area contributed by atoms with Crippen LogP contribution in [-0.2, 0) is 11.3 Å². The van der Waals surface area contributed by atoms with E-state index in [2.05, 4.69) is 5.10 Å². The van der Waals surface area contributed by atoms with Crippen molar-refractivity contribution in [1.82, 2.24) is 9.78 Å². The van der Waals surface area contributed by atoms with E-state index in [0.717, 1.165) is 0 Å². The van der Waals surface area contributed by atoms with E-state index in [1.165, 1.54) is 18.9 Å². The minimum Gasteiger partial charge on any atom is -0.493 e. The number of ether oxygens (including phenoxy) is 2. The summed E-state index contributed by atoms with van der Waals surface area (Å²) < 4.78 is 11.5. The summed E-state index contributed by atoms with van der Waals surface area (Å²) in [5.41, 5.74) is 5.67. The van der Waals surface area contributed by atoms with Crippen molar-refractivity contribution in [2.45, 2.75) is 6.54 Å². The Morgan fingerprint density at radius 3 is 2.40 bits per heavy atom. The Balaban J connectivity index is 2.75. The third-order valence-corrected chi connectivity index (χ3v) is 2.77. The molecule has 0 spiro atoms. The number of carbonyl (C=O) groups is 2. The zero-order valence-electron chi connectivity index (χ0n) is 10.9. The number of aliphatic carboxylic acids is 1. The van der Waals surface area contributed by atoms with Crippen LogP contribution in [0.5, 0.6) is 11.5 Å². The molecule has 20 heavy (non-hydrogen) atoms. The van der Waals surface area contributed by atoms with Gasteiger partial charge in [-0.1, -0.05) is 0 Å². The number of carboxylic acids is 1. The molecule has 0 aliphatic rings. The number of benzene rings is 1. The van der Waals surface area contributed by atoms with E-state index in [-0.39, 0.29) is 12.2 Å². The molecule has 1 heterocycles. The van der Waals surface area contributed by atoms with Crippen LogP contribution >= 0.6 is 0 Å². The summed E-state index contributed by atoms with van der Waals surface area (Å²) in [7, 11) is 2.91. The molecule has 0 aliphatic heterocycles. The lowest BCUT2D eigenvalue weighted by Gasteiger charge is -2.08. The van der Waals surface area contributed by atoms with E-state index >= 15 is 0 Å². The Labute approximate surface area is 113 Å². The highest BCUT2D eigenvalue weighted by Crippen LogP contribution is 2.33. The van der Waals surface area contributed by atoms with E-state index < -0.39 is 11.9 Å². The van der Waals surface area contributed by atoms with E-state index in [1.807, 2.05) is 0 Å². The first-order chi connectivity index (χ1) is 9.47. The molecule has 0 saturated carbocycles. The van der Waals surface area contributed by atoms with Crippen molar-refractivity contribution in [3.63, 3.8) is 0 Å². The molecule has 8 nitrogen and oxygen atoms in total. The Bertz CT molecular complexity index is 692. The largest absolute Gasteiger partial charge is 0.493 e. The average Bonchev–Trinajstić information content (AvgIpc) is 2.74. The maximum absolute atomic E-state index is 11.4. The van der Waals surface area contributed by atoms with E-state index in [9.17, 15) is 9.59 Å². The quantitative estimate of drug-likeness (QED) is 0.809. The van der Waals surface area contributed by atoms with Gasteiger partial charge < -0.3 is 20.3 Å². The van der Waals surface area contributed by atoms with Crippen molar-refractivity contribution in [3.8, 4) is 11.5 Å². The number of carbonyl (C=O) groups excluding carboxylic acids is 1. The Kier molecular flexibility index (Phi) is 3.47. The molecule has 2 aromatic rings. The summed E-state index contributed by atoms with van der Waals surface area (Å²) >= 11 is 0. The van der Waals surface area contributed by atoms with Gasteiger partial charge in [-0.25, -0.2) is 0 Å². The van der Waals surface area contributed by atoms with Crippen LogP contribution < -0.4 is 15.2 Å². The van der Waals surface area contributed by atoms with Crippen LogP contribution in [0.4, 0.5) is 0 Å². The molecule has 106 valence electrons. The molecule has 2 rings (SSSR count). The van der Waals surface area contributed by atoms with Crippen LogP contribution in [0, 0.1) is 0 Å². The third-order valence-electron chi connectivity index (χ3n) is 2.77. The lowest BCUT2D eigenvalue weighted by atomic mass is 10.2. The number of nitrogens with zero attached hydrogens (tertiary/aromatic N) is 2.